The molecule has 1 amide bonds. The van der Waals surface area contributed by atoms with E-state index in [0.717, 1.165) is 22.4 Å². The van der Waals surface area contributed by atoms with Gasteiger partial charge in [0, 0.05) is 13.1 Å². The Morgan fingerprint density at radius 2 is 1.45 bits per heavy atom. The summed E-state index contributed by atoms with van der Waals surface area (Å²) in [5.41, 5.74) is 5.83. The number of hydrazone groups is 1. The smallest absolute Gasteiger partial charge is 0.254 e. The van der Waals surface area contributed by atoms with Crippen LogP contribution in [0.15, 0.2) is 90.0 Å². The number of rotatable bonds is 9. The Morgan fingerprint density at radius 3 is 1.97 bits per heavy atom. The molecule has 5 heteroatoms. The van der Waals surface area contributed by atoms with Gasteiger partial charge in [0.2, 0.25) is 0 Å². The Bertz CT molecular complexity index is 868. The molecule has 0 radical (unpaired) electrons. The van der Waals surface area contributed by atoms with Crippen LogP contribution in [0.4, 0.5) is 0 Å². The lowest BCUT2D eigenvalue weighted by Gasteiger charge is -2.21. The van der Waals surface area contributed by atoms with Crippen molar-refractivity contribution in [2.24, 2.45) is 5.10 Å². The van der Waals surface area contributed by atoms with E-state index in [-0.39, 0.29) is 12.5 Å². The van der Waals surface area contributed by atoms with E-state index in [2.05, 4.69) is 39.7 Å². The first kappa shape index (κ1) is 20.3. The minimum Gasteiger partial charge on any atom is -0.497 e. The minimum absolute atomic E-state index is 0.151. The summed E-state index contributed by atoms with van der Waals surface area (Å²) in [5, 5.41) is 4.07. The molecule has 0 atom stereocenters. The van der Waals surface area contributed by atoms with Crippen LogP contribution >= 0.6 is 0 Å². The van der Waals surface area contributed by atoms with E-state index in [1.54, 1.807) is 13.3 Å². The van der Waals surface area contributed by atoms with Crippen LogP contribution in [0.2, 0.25) is 0 Å². The lowest BCUT2D eigenvalue weighted by atomic mass is 10.1. The number of hydrogen-bond donors (Lipinski definition) is 1. The molecule has 0 saturated carbocycles. The third-order valence-corrected chi connectivity index (χ3v) is 4.38. The molecular formula is C24H25N3O2. The predicted octanol–water partition coefficient (Wildman–Crippen LogP) is 3.85. The zero-order valence-corrected chi connectivity index (χ0v) is 16.5. The van der Waals surface area contributed by atoms with Gasteiger partial charge in [0.1, 0.15) is 5.75 Å². The predicted molar refractivity (Wildman–Crippen MR) is 116 cm³/mol. The third kappa shape index (κ3) is 6.90. The van der Waals surface area contributed by atoms with E-state index in [1.807, 2.05) is 60.7 Å². The minimum atomic E-state index is -0.151. The molecule has 5 nitrogen and oxygen atoms in total. The molecular weight excluding hydrogens is 362 g/mol. The van der Waals surface area contributed by atoms with Crippen LogP contribution in [-0.4, -0.2) is 30.7 Å². The summed E-state index contributed by atoms with van der Waals surface area (Å²) in [6.07, 6.45) is 1.62. The molecule has 0 aromatic heterocycles. The summed E-state index contributed by atoms with van der Waals surface area (Å²) in [4.78, 5) is 14.5. The van der Waals surface area contributed by atoms with Gasteiger partial charge < -0.3 is 4.74 Å². The summed E-state index contributed by atoms with van der Waals surface area (Å²) in [6.45, 7) is 1.63. The summed E-state index contributed by atoms with van der Waals surface area (Å²) >= 11 is 0. The molecule has 29 heavy (non-hydrogen) atoms. The summed E-state index contributed by atoms with van der Waals surface area (Å²) in [5.74, 6) is 0.630. The van der Waals surface area contributed by atoms with Gasteiger partial charge in [-0.1, -0.05) is 60.7 Å². The highest BCUT2D eigenvalue weighted by Gasteiger charge is 2.12. The summed E-state index contributed by atoms with van der Waals surface area (Å²) in [6, 6.07) is 27.8. The average Bonchev–Trinajstić information content (AvgIpc) is 2.75. The van der Waals surface area contributed by atoms with Gasteiger partial charge in [0.15, 0.2) is 0 Å². The second-order valence-corrected chi connectivity index (χ2v) is 6.68. The van der Waals surface area contributed by atoms with Crippen molar-refractivity contribution in [1.82, 2.24) is 10.3 Å². The number of carbonyl (C=O) groups excluding carboxylic acids is 1. The van der Waals surface area contributed by atoms with Gasteiger partial charge in [0.05, 0.1) is 19.9 Å². The van der Waals surface area contributed by atoms with Gasteiger partial charge in [-0.25, -0.2) is 5.43 Å². The molecule has 3 rings (SSSR count). The fourth-order valence-electron chi connectivity index (χ4n) is 2.96. The quantitative estimate of drug-likeness (QED) is 0.448. The van der Waals surface area contributed by atoms with E-state index in [0.29, 0.717) is 13.1 Å². The van der Waals surface area contributed by atoms with Crippen LogP contribution in [0.25, 0.3) is 0 Å². The van der Waals surface area contributed by atoms with Gasteiger partial charge in [-0.05, 0) is 41.0 Å². The van der Waals surface area contributed by atoms with E-state index in [4.69, 9.17) is 4.74 Å². The Hall–Kier alpha value is -3.44. The van der Waals surface area contributed by atoms with Crippen molar-refractivity contribution in [3.05, 3.63) is 102 Å². The largest absolute Gasteiger partial charge is 0.497 e. The van der Waals surface area contributed by atoms with Gasteiger partial charge in [-0.2, -0.15) is 5.10 Å². The highest BCUT2D eigenvalue weighted by molar-refractivity contribution is 5.83. The fourth-order valence-corrected chi connectivity index (χ4v) is 2.96. The number of nitrogens with zero attached hydrogens (tertiary/aromatic N) is 2. The zero-order chi connectivity index (χ0) is 20.3. The zero-order valence-electron chi connectivity index (χ0n) is 16.5. The second-order valence-electron chi connectivity index (χ2n) is 6.68. The van der Waals surface area contributed by atoms with E-state index >= 15 is 0 Å². The van der Waals surface area contributed by atoms with Crippen molar-refractivity contribution in [1.29, 1.82) is 0 Å². The summed E-state index contributed by atoms with van der Waals surface area (Å²) in [7, 11) is 1.62. The first-order chi connectivity index (χ1) is 14.2. The number of benzene rings is 3. The number of methoxy groups -OCH3 is 1. The fraction of sp³-hybridized carbons (Fsp3) is 0.167. The van der Waals surface area contributed by atoms with Gasteiger partial charge in [-0.3, -0.25) is 9.69 Å². The van der Waals surface area contributed by atoms with Gasteiger partial charge in [0.25, 0.3) is 5.91 Å². The van der Waals surface area contributed by atoms with E-state index < -0.39 is 0 Å². The normalized spacial score (nSPS) is 11.0. The number of nitrogens with one attached hydrogen (secondary N) is 1. The molecule has 0 saturated heterocycles. The van der Waals surface area contributed by atoms with Crippen molar-refractivity contribution in [3.63, 3.8) is 0 Å². The summed E-state index contributed by atoms with van der Waals surface area (Å²) < 4.78 is 5.13. The van der Waals surface area contributed by atoms with Crippen LogP contribution in [-0.2, 0) is 17.9 Å². The standard InChI is InChI=1S/C24H25N3O2/c1-29-23-14-12-20(13-15-23)16-25-26-24(28)19-27(17-21-8-4-2-5-9-21)18-22-10-6-3-7-11-22/h2-16H,17-19H2,1H3,(H,26,28)/b25-16+. The molecule has 0 bridgehead atoms. The first-order valence-electron chi connectivity index (χ1n) is 9.49. The highest BCUT2D eigenvalue weighted by atomic mass is 16.5. The van der Waals surface area contributed by atoms with Crippen molar-refractivity contribution in [2.45, 2.75) is 13.1 Å². The molecule has 0 fully saturated rings. The molecule has 3 aromatic rings. The molecule has 0 aliphatic rings. The van der Waals surface area contributed by atoms with Crippen LogP contribution in [0.5, 0.6) is 5.75 Å². The maximum absolute atomic E-state index is 12.4. The van der Waals surface area contributed by atoms with Crippen molar-refractivity contribution in [2.75, 3.05) is 13.7 Å². The number of ether oxygens (including phenoxy) is 1. The Morgan fingerprint density at radius 1 is 0.897 bits per heavy atom. The molecule has 0 unspecified atom stereocenters. The molecule has 0 spiro atoms. The first-order valence-corrected chi connectivity index (χ1v) is 9.49. The molecule has 0 aliphatic heterocycles. The molecule has 0 heterocycles. The molecule has 148 valence electrons. The monoisotopic (exact) mass is 387 g/mol. The topological polar surface area (TPSA) is 53.9 Å². The third-order valence-electron chi connectivity index (χ3n) is 4.38. The lowest BCUT2D eigenvalue weighted by Crippen LogP contribution is -2.34. The van der Waals surface area contributed by atoms with Crippen molar-refractivity contribution in [3.8, 4) is 5.75 Å². The molecule has 1 N–H and O–H groups in total. The molecule has 3 aromatic carbocycles. The van der Waals surface area contributed by atoms with Crippen LogP contribution in [0.3, 0.4) is 0 Å². The Labute approximate surface area is 171 Å². The highest BCUT2D eigenvalue weighted by Crippen LogP contribution is 2.11. The number of carbonyl (C=O) groups is 1. The van der Waals surface area contributed by atoms with Gasteiger partial charge in [-0.15, -0.1) is 0 Å². The maximum atomic E-state index is 12.4. The Balaban J connectivity index is 1.59. The van der Waals surface area contributed by atoms with Crippen LogP contribution in [0.1, 0.15) is 16.7 Å². The van der Waals surface area contributed by atoms with Crippen molar-refractivity contribution < 1.29 is 9.53 Å². The van der Waals surface area contributed by atoms with E-state index in [9.17, 15) is 4.79 Å². The number of hydrogen-bond acceptors (Lipinski definition) is 4. The van der Waals surface area contributed by atoms with Crippen LogP contribution in [0, 0.1) is 0 Å². The lowest BCUT2D eigenvalue weighted by molar-refractivity contribution is -0.122. The maximum Gasteiger partial charge on any atom is 0.254 e. The second kappa shape index (κ2) is 10.8. The van der Waals surface area contributed by atoms with Gasteiger partial charge >= 0.3 is 0 Å². The van der Waals surface area contributed by atoms with E-state index in [1.165, 1.54) is 0 Å². The Kier molecular flexibility index (Phi) is 7.55. The van der Waals surface area contributed by atoms with Crippen molar-refractivity contribution >= 4 is 12.1 Å². The van der Waals surface area contributed by atoms with Crippen LogP contribution < -0.4 is 10.2 Å². The molecule has 0 aliphatic carbocycles. The number of amides is 1. The SMILES string of the molecule is COc1ccc(/C=N/NC(=O)CN(Cc2ccccc2)Cc2ccccc2)cc1. The average molecular weight is 387 g/mol.